The van der Waals surface area contributed by atoms with Crippen LogP contribution in [0.3, 0.4) is 0 Å². The van der Waals surface area contributed by atoms with Gasteiger partial charge in [-0.1, -0.05) is 0 Å². The Morgan fingerprint density at radius 3 is 2.44 bits per heavy atom. The SMILES string of the molecule is CN(C)S(=O)(=O)N1CC(N2CCc3c(-c4cnc(N)nc4)nc(N4CCOCC4)nc32)C1. The summed E-state index contributed by atoms with van der Waals surface area (Å²) >= 11 is 0. The second-order valence-electron chi connectivity index (χ2n) is 8.31. The largest absolute Gasteiger partial charge is 0.378 e. The zero-order valence-electron chi connectivity index (χ0n) is 18.2. The van der Waals surface area contributed by atoms with Crippen LogP contribution in [0.4, 0.5) is 17.7 Å². The van der Waals surface area contributed by atoms with Gasteiger partial charge in [-0.3, -0.25) is 0 Å². The molecule has 0 bridgehead atoms. The summed E-state index contributed by atoms with van der Waals surface area (Å²) in [5.74, 6) is 1.72. The van der Waals surface area contributed by atoms with Crippen molar-refractivity contribution in [3.05, 3.63) is 18.0 Å². The molecule has 0 radical (unpaired) electrons. The van der Waals surface area contributed by atoms with Crippen molar-refractivity contribution >= 4 is 27.9 Å². The van der Waals surface area contributed by atoms with E-state index in [-0.39, 0.29) is 12.0 Å². The lowest BCUT2D eigenvalue weighted by Gasteiger charge is -2.44. The van der Waals surface area contributed by atoms with Gasteiger partial charge < -0.3 is 20.3 Å². The molecule has 12 nitrogen and oxygen atoms in total. The van der Waals surface area contributed by atoms with Crippen molar-refractivity contribution in [1.82, 2.24) is 28.5 Å². The van der Waals surface area contributed by atoms with E-state index in [9.17, 15) is 8.42 Å². The number of morpholine rings is 1. The first-order chi connectivity index (χ1) is 15.3. The van der Waals surface area contributed by atoms with Gasteiger partial charge in [0.1, 0.15) is 5.82 Å². The number of rotatable bonds is 5. The van der Waals surface area contributed by atoms with Crippen LogP contribution in [-0.2, 0) is 21.4 Å². The van der Waals surface area contributed by atoms with E-state index in [1.807, 2.05) is 0 Å². The summed E-state index contributed by atoms with van der Waals surface area (Å²) in [4.78, 5) is 22.4. The topological polar surface area (TPSA) is 134 Å². The molecular weight excluding hydrogens is 434 g/mol. The highest BCUT2D eigenvalue weighted by atomic mass is 32.2. The lowest BCUT2D eigenvalue weighted by molar-refractivity contribution is 0.122. The van der Waals surface area contributed by atoms with Crippen LogP contribution in [0.1, 0.15) is 5.56 Å². The summed E-state index contributed by atoms with van der Waals surface area (Å²) in [7, 11) is -0.299. The van der Waals surface area contributed by atoms with Gasteiger partial charge in [0.25, 0.3) is 10.2 Å². The molecule has 3 aliphatic rings. The molecule has 0 aromatic carbocycles. The Balaban J connectivity index is 1.49. The Bertz CT molecular complexity index is 1100. The zero-order chi connectivity index (χ0) is 22.5. The highest BCUT2D eigenvalue weighted by Crippen LogP contribution is 2.38. The van der Waals surface area contributed by atoms with Gasteiger partial charge in [-0.05, 0) is 6.42 Å². The summed E-state index contributed by atoms with van der Waals surface area (Å²) in [6.45, 7) is 4.34. The molecule has 2 N–H and O–H groups in total. The minimum absolute atomic E-state index is 0.0777. The van der Waals surface area contributed by atoms with Gasteiger partial charge in [-0.25, -0.2) is 15.0 Å². The van der Waals surface area contributed by atoms with Gasteiger partial charge in [-0.15, -0.1) is 0 Å². The van der Waals surface area contributed by atoms with E-state index in [1.165, 1.54) is 8.61 Å². The first kappa shape index (κ1) is 21.2. The second-order valence-corrected chi connectivity index (χ2v) is 10.5. The molecule has 2 aromatic rings. The highest BCUT2D eigenvalue weighted by molar-refractivity contribution is 7.86. The molecule has 0 saturated carbocycles. The van der Waals surface area contributed by atoms with Gasteiger partial charge in [-0.2, -0.15) is 22.0 Å². The first-order valence-corrected chi connectivity index (χ1v) is 12.0. The average Bonchev–Trinajstić information content (AvgIpc) is 3.17. The number of ether oxygens (including phenoxy) is 1. The highest BCUT2D eigenvalue weighted by Gasteiger charge is 2.43. The van der Waals surface area contributed by atoms with Crippen LogP contribution in [0.25, 0.3) is 11.3 Å². The van der Waals surface area contributed by atoms with Crippen molar-refractivity contribution in [2.45, 2.75) is 12.5 Å². The standard InChI is InChI=1S/C19H27N9O3S/c1-25(2)32(29,30)27-11-14(12-27)28-4-3-15-16(13-9-21-18(20)22-10-13)23-19(24-17(15)28)26-5-7-31-8-6-26/h9-10,14H,3-8,11-12H2,1-2H3,(H2,20,21,22). The van der Waals surface area contributed by atoms with Crippen LogP contribution < -0.4 is 15.5 Å². The fourth-order valence-corrected chi connectivity index (χ4v) is 5.44. The minimum atomic E-state index is -3.40. The number of nitrogen functional groups attached to an aromatic ring is 1. The van der Waals surface area contributed by atoms with Crippen molar-refractivity contribution < 1.29 is 13.2 Å². The lowest BCUT2D eigenvalue weighted by Crippen LogP contribution is -2.62. The Morgan fingerprint density at radius 1 is 1.09 bits per heavy atom. The van der Waals surface area contributed by atoms with E-state index in [0.717, 1.165) is 48.7 Å². The molecule has 0 amide bonds. The zero-order valence-corrected chi connectivity index (χ0v) is 19.0. The molecule has 2 fully saturated rings. The molecule has 2 aromatic heterocycles. The Hall–Kier alpha value is -2.61. The van der Waals surface area contributed by atoms with Crippen molar-refractivity contribution in [2.24, 2.45) is 0 Å². The molecule has 13 heteroatoms. The van der Waals surface area contributed by atoms with Gasteiger partial charge in [0.15, 0.2) is 0 Å². The van der Waals surface area contributed by atoms with Crippen LogP contribution in [-0.4, -0.2) is 103 Å². The Kier molecular flexibility index (Phi) is 5.35. The number of hydrogen-bond donors (Lipinski definition) is 1. The number of anilines is 3. The smallest absolute Gasteiger partial charge is 0.281 e. The van der Waals surface area contributed by atoms with Crippen molar-refractivity contribution in [1.29, 1.82) is 0 Å². The maximum Gasteiger partial charge on any atom is 0.281 e. The second kappa shape index (κ2) is 8.06. The van der Waals surface area contributed by atoms with Crippen LogP contribution >= 0.6 is 0 Å². The van der Waals surface area contributed by atoms with E-state index in [4.69, 9.17) is 20.4 Å². The molecular formula is C19H27N9O3S. The number of hydrogen-bond acceptors (Lipinski definition) is 10. The molecule has 0 unspecified atom stereocenters. The van der Waals surface area contributed by atoms with E-state index >= 15 is 0 Å². The van der Waals surface area contributed by atoms with Crippen LogP contribution in [0.15, 0.2) is 12.4 Å². The Labute approximate surface area is 187 Å². The van der Waals surface area contributed by atoms with Crippen molar-refractivity contribution in [3.63, 3.8) is 0 Å². The van der Waals surface area contributed by atoms with Gasteiger partial charge in [0, 0.05) is 70.3 Å². The maximum absolute atomic E-state index is 12.4. The molecule has 0 aliphatic carbocycles. The molecule has 0 spiro atoms. The van der Waals surface area contributed by atoms with Crippen LogP contribution in [0.5, 0.6) is 0 Å². The molecule has 2 saturated heterocycles. The van der Waals surface area contributed by atoms with Gasteiger partial charge in [0.2, 0.25) is 11.9 Å². The van der Waals surface area contributed by atoms with E-state index in [0.29, 0.717) is 32.3 Å². The number of aromatic nitrogens is 4. The van der Waals surface area contributed by atoms with Crippen molar-refractivity contribution in [3.8, 4) is 11.3 Å². The van der Waals surface area contributed by atoms with Gasteiger partial charge >= 0.3 is 0 Å². The number of nitrogens with zero attached hydrogens (tertiary/aromatic N) is 8. The van der Waals surface area contributed by atoms with E-state index < -0.39 is 10.2 Å². The molecule has 3 aliphatic heterocycles. The Morgan fingerprint density at radius 2 is 1.78 bits per heavy atom. The third-order valence-corrected chi connectivity index (χ3v) is 8.02. The average molecular weight is 462 g/mol. The first-order valence-electron chi connectivity index (χ1n) is 10.6. The lowest BCUT2D eigenvalue weighted by atomic mass is 10.1. The quantitative estimate of drug-likeness (QED) is 0.603. The molecule has 0 atom stereocenters. The predicted molar refractivity (Wildman–Crippen MR) is 120 cm³/mol. The number of nitrogens with two attached hydrogens (primary N) is 1. The summed E-state index contributed by atoms with van der Waals surface area (Å²) in [5, 5.41) is 0. The van der Waals surface area contributed by atoms with E-state index in [2.05, 4.69) is 19.8 Å². The summed E-state index contributed by atoms with van der Waals surface area (Å²) in [6.07, 6.45) is 4.15. The number of fused-ring (bicyclic) bond motifs is 1. The molecule has 5 heterocycles. The molecule has 172 valence electrons. The monoisotopic (exact) mass is 461 g/mol. The molecule has 32 heavy (non-hydrogen) atoms. The van der Waals surface area contributed by atoms with Crippen LogP contribution in [0, 0.1) is 0 Å². The third-order valence-electron chi connectivity index (χ3n) is 6.14. The maximum atomic E-state index is 12.4. The summed E-state index contributed by atoms with van der Waals surface area (Å²) in [6, 6.07) is 0.0777. The predicted octanol–water partition coefficient (Wildman–Crippen LogP) is -0.794. The normalized spacial score (nSPS) is 20.0. The van der Waals surface area contributed by atoms with Crippen molar-refractivity contribution in [2.75, 3.05) is 75.6 Å². The van der Waals surface area contributed by atoms with E-state index in [1.54, 1.807) is 26.5 Å². The fraction of sp³-hybridized carbons (Fsp3) is 0.579. The third kappa shape index (κ3) is 3.64. The van der Waals surface area contributed by atoms with Gasteiger partial charge in [0.05, 0.1) is 24.9 Å². The fourth-order valence-electron chi connectivity index (χ4n) is 4.26. The summed E-state index contributed by atoms with van der Waals surface area (Å²) in [5.41, 5.74) is 8.30. The van der Waals surface area contributed by atoms with Crippen LogP contribution in [0.2, 0.25) is 0 Å². The summed E-state index contributed by atoms with van der Waals surface area (Å²) < 4.78 is 33.0. The molecule has 5 rings (SSSR count). The minimum Gasteiger partial charge on any atom is -0.378 e.